The number of fused-ring (bicyclic) bond motifs is 16. The molecule has 0 atom stereocenters. The zero-order valence-corrected chi connectivity index (χ0v) is 39.4. The van der Waals surface area contributed by atoms with E-state index in [4.69, 9.17) is 18.2 Å². The third-order valence-corrected chi connectivity index (χ3v) is 17.3. The Morgan fingerprint density at radius 1 is 0.348 bits per heavy atom. The predicted octanol–water partition coefficient (Wildman–Crippen LogP) is 17.8. The molecule has 3 nitrogen and oxygen atoms in total. The van der Waals surface area contributed by atoms with Crippen LogP contribution in [0.4, 0.5) is 39.8 Å². The minimum Gasteiger partial charge on any atom is -0.308 e. The average Bonchev–Trinajstić information content (AvgIpc) is 3.41. The van der Waals surface area contributed by atoms with E-state index < -0.39 is 10.8 Å². The van der Waals surface area contributed by atoms with Gasteiger partial charge in [-0.05, 0) is 116 Å². The second-order valence-corrected chi connectivity index (χ2v) is 20.4. The number of anilines is 6. The summed E-state index contributed by atoms with van der Waals surface area (Å²) in [4.78, 5) is 13.8. The highest BCUT2D eigenvalue weighted by Crippen LogP contribution is 2.66. The van der Waals surface area contributed by atoms with Gasteiger partial charge in [0.15, 0.2) is 5.69 Å². The van der Waals surface area contributed by atoms with Gasteiger partial charge in [0.1, 0.15) is 0 Å². The third-order valence-electron chi connectivity index (χ3n) is 14.7. The highest BCUT2D eigenvalue weighted by molar-refractivity contribution is 7.99. The van der Waals surface area contributed by atoms with Gasteiger partial charge in [0.25, 0.3) is 0 Å². The number of hydrogen-bond donors (Lipinski definition) is 0. The van der Waals surface area contributed by atoms with E-state index in [1.54, 1.807) is 0 Å². The summed E-state index contributed by atoms with van der Waals surface area (Å²) in [6.45, 7) is 8.39. The smallest absolute Gasteiger partial charge is 0.194 e. The zero-order chi connectivity index (χ0) is 45.8. The first-order chi connectivity index (χ1) is 34.1. The van der Waals surface area contributed by atoms with E-state index in [1.165, 1.54) is 64.1 Å². The van der Waals surface area contributed by atoms with Crippen molar-refractivity contribution in [2.45, 2.75) is 30.4 Å². The molecule has 4 aliphatic heterocycles. The van der Waals surface area contributed by atoms with Crippen molar-refractivity contribution < 1.29 is 0 Å². The molecule has 6 heteroatoms. The molecule has 0 fully saturated rings. The van der Waals surface area contributed by atoms with Crippen molar-refractivity contribution in [3.63, 3.8) is 0 Å². The van der Waals surface area contributed by atoms with E-state index in [2.05, 4.69) is 227 Å². The van der Waals surface area contributed by atoms with Crippen LogP contribution in [0.25, 0.3) is 16.0 Å². The summed E-state index contributed by atoms with van der Waals surface area (Å²) in [6.07, 6.45) is 0. The van der Waals surface area contributed by atoms with Gasteiger partial charge in [-0.3, -0.25) is 0 Å². The molecule has 0 radical (unpaired) electrons. The molecule has 4 aliphatic rings. The quantitative estimate of drug-likeness (QED) is 0.163. The minimum absolute atomic E-state index is 0.578. The summed E-state index contributed by atoms with van der Waals surface area (Å²) in [6, 6.07) is 83.5. The van der Waals surface area contributed by atoms with E-state index in [0.717, 1.165) is 45.3 Å². The number of hydrogen-bond acceptors (Lipinski definition) is 4. The normalized spacial score (nSPS) is 14.8. The van der Waals surface area contributed by atoms with Crippen LogP contribution in [0.5, 0.6) is 0 Å². The van der Waals surface area contributed by atoms with Crippen LogP contribution in [0.15, 0.2) is 250 Å². The summed E-state index contributed by atoms with van der Waals surface area (Å²) in [5.74, 6) is 0. The van der Waals surface area contributed by atoms with Crippen LogP contribution >= 0.6 is 35.1 Å². The van der Waals surface area contributed by atoms with E-state index in [0.29, 0.717) is 10.7 Å². The Labute approximate surface area is 415 Å². The van der Waals surface area contributed by atoms with Crippen LogP contribution in [-0.4, -0.2) is 0 Å². The monoisotopic (exact) mass is 935 g/mol. The van der Waals surface area contributed by atoms with Crippen molar-refractivity contribution in [3.8, 4) is 11.1 Å². The van der Waals surface area contributed by atoms with E-state index in [-0.39, 0.29) is 0 Å². The SMILES string of the molecule is [C-]#[N+]c1ccccc1-c1cc(N2c3ccccc3C3(c4ccccc4Sc4ccccc43)c3ccccc32)c(Cl)c(N2c3ccccc3C3(c4ccccc4Sc4ccccc43)c3ccccc32)c1. The zero-order valence-electron chi connectivity index (χ0n) is 37.0. The van der Waals surface area contributed by atoms with Gasteiger partial charge in [0, 0.05) is 19.6 Å². The summed E-state index contributed by atoms with van der Waals surface area (Å²) >= 11 is 12.0. The molecule has 0 saturated heterocycles. The second kappa shape index (κ2) is 15.4. The Bertz CT molecular complexity index is 3430. The lowest BCUT2D eigenvalue weighted by atomic mass is 9.62. The fraction of sp³-hybridized carbons (Fsp3) is 0.0317. The van der Waals surface area contributed by atoms with Gasteiger partial charge in [0.2, 0.25) is 0 Å². The number of para-hydroxylation sites is 5. The van der Waals surface area contributed by atoms with E-state index in [9.17, 15) is 0 Å². The van der Waals surface area contributed by atoms with Gasteiger partial charge in [-0.15, -0.1) is 0 Å². The molecule has 69 heavy (non-hydrogen) atoms. The molecule has 14 rings (SSSR count). The van der Waals surface area contributed by atoms with Gasteiger partial charge >= 0.3 is 0 Å². The fourth-order valence-corrected chi connectivity index (χ4v) is 14.7. The van der Waals surface area contributed by atoms with Gasteiger partial charge in [-0.1, -0.05) is 205 Å². The molecule has 4 heterocycles. The van der Waals surface area contributed by atoms with Crippen LogP contribution in [0.3, 0.4) is 0 Å². The van der Waals surface area contributed by atoms with Crippen molar-refractivity contribution in [1.82, 2.24) is 0 Å². The van der Waals surface area contributed by atoms with Crippen molar-refractivity contribution in [3.05, 3.63) is 291 Å². The van der Waals surface area contributed by atoms with Gasteiger partial charge < -0.3 is 9.80 Å². The second-order valence-electron chi connectivity index (χ2n) is 17.9. The highest BCUT2D eigenvalue weighted by atomic mass is 35.5. The molecular formula is C63H38ClN3S2. The van der Waals surface area contributed by atoms with Crippen LogP contribution in [0.2, 0.25) is 5.02 Å². The summed E-state index contributed by atoms with van der Waals surface area (Å²) in [5.41, 5.74) is 16.7. The van der Waals surface area contributed by atoms with Gasteiger partial charge in [-0.2, -0.15) is 0 Å². The molecule has 0 unspecified atom stereocenters. The Balaban J connectivity index is 1.08. The Hall–Kier alpha value is -7.72. The maximum atomic E-state index is 8.39. The molecule has 0 N–H and O–H groups in total. The van der Waals surface area contributed by atoms with Crippen molar-refractivity contribution >= 4 is 74.9 Å². The van der Waals surface area contributed by atoms with Gasteiger partial charge in [-0.25, -0.2) is 4.85 Å². The van der Waals surface area contributed by atoms with Crippen LogP contribution in [0.1, 0.15) is 44.5 Å². The van der Waals surface area contributed by atoms with E-state index in [1.807, 2.05) is 41.7 Å². The first-order valence-electron chi connectivity index (χ1n) is 23.1. The molecule has 10 aromatic rings. The molecular weight excluding hydrogens is 898 g/mol. The number of rotatable bonds is 3. The van der Waals surface area contributed by atoms with Crippen molar-refractivity contribution in [2.75, 3.05) is 9.80 Å². The Kier molecular flexibility index (Phi) is 9.01. The van der Waals surface area contributed by atoms with Gasteiger partial charge in [0.05, 0.1) is 56.5 Å². The molecule has 0 bridgehead atoms. The molecule has 324 valence electrons. The lowest BCUT2D eigenvalue weighted by Gasteiger charge is -2.50. The number of benzene rings is 10. The summed E-state index contributed by atoms with van der Waals surface area (Å²) in [7, 11) is 0. The maximum absolute atomic E-state index is 8.39. The lowest BCUT2D eigenvalue weighted by molar-refractivity contribution is 0.691. The Morgan fingerprint density at radius 2 is 0.638 bits per heavy atom. The molecule has 0 aliphatic carbocycles. The standard InChI is InChI=1S/C63H38ClN3S2/c1-65-50-29-11-2-20-41(50)40-38-55(66-51-30-12-3-21-42(51)62(43-22-4-13-31-52(43)66)46-25-7-16-34-57(46)68-58-35-17-8-26-47(58)62)61(64)56(39-40)67-53-32-14-5-23-44(53)63(45-24-6-15-33-54(45)67)48-27-9-18-36-59(48)69-60-37-19-10-28-49(60)63/h2-39H. The largest absolute Gasteiger partial charge is 0.308 e. The topological polar surface area (TPSA) is 10.8 Å². The molecule has 0 amide bonds. The lowest BCUT2D eigenvalue weighted by Crippen LogP contribution is -2.40. The first kappa shape index (κ1) is 40.4. The van der Waals surface area contributed by atoms with Crippen molar-refractivity contribution in [1.29, 1.82) is 0 Å². The maximum Gasteiger partial charge on any atom is 0.194 e. The highest BCUT2D eigenvalue weighted by Gasteiger charge is 2.52. The fourth-order valence-electron chi connectivity index (χ4n) is 12.1. The van der Waals surface area contributed by atoms with Crippen molar-refractivity contribution in [2.24, 2.45) is 0 Å². The molecule has 10 aromatic carbocycles. The predicted molar refractivity (Wildman–Crippen MR) is 284 cm³/mol. The first-order valence-corrected chi connectivity index (χ1v) is 25.2. The van der Waals surface area contributed by atoms with Crippen LogP contribution in [0, 0.1) is 6.57 Å². The molecule has 0 saturated carbocycles. The third kappa shape index (κ3) is 5.48. The summed E-state index contributed by atoms with van der Waals surface area (Å²) in [5, 5.41) is 0.597. The molecule has 2 spiro atoms. The van der Waals surface area contributed by atoms with Crippen LogP contribution < -0.4 is 9.80 Å². The minimum atomic E-state index is -0.615. The number of halogens is 1. The number of nitrogens with zero attached hydrogens (tertiary/aromatic N) is 3. The van der Waals surface area contributed by atoms with Crippen LogP contribution in [-0.2, 0) is 10.8 Å². The molecule has 0 aromatic heterocycles. The average molecular weight is 937 g/mol. The Morgan fingerprint density at radius 3 is 0.986 bits per heavy atom. The van der Waals surface area contributed by atoms with E-state index >= 15 is 0 Å². The summed E-state index contributed by atoms with van der Waals surface area (Å²) < 4.78 is 0.